The lowest BCUT2D eigenvalue weighted by atomic mass is 10.1. The van der Waals surface area contributed by atoms with Crippen molar-refractivity contribution in [1.82, 2.24) is 4.90 Å². The van der Waals surface area contributed by atoms with Gasteiger partial charge < -0.3 is 15.5 Å². The fraction of sp³-hybridized carbons (Fsp3) is 0.412. The van der Waals surface area contributed by atoms with Crippen LogP contribution in [0.2, 0.25) is 0 Å². The molecular formula is C17H23N3O2. The monoisotopic (exact) mass is 301 g/mol. The van der Waals surface area contributed by atoms with Crippen LogP contribution in [0.4, 0.5) is 11.4 Å². The molecule has 1 aliphatic carbocycles. The SMILES string of the molecule is CN(C)CC(=O)Nc1cccc(NC(=O)CC2C=CCC2)c1. The lowest BCUT2D eigenvalue weighted by Crippen LogP contribution is -2.27. The maximum Gasteiger partial charge on any atom is 0.238 e. The number of nitrogens with one attached hydrogen (secondary N) is 2. The van der Waals surface area contributed by atoms with Gasteiger partial charge in [0, 0.05) is 17.8 Å². The molecule has 5 nitrogen and oxygen atoms in total. The Bertz CT molecular complexity index is 567. The molecule has 0 heterocycles. The third-order valence-electron chi connectivity index (χ3n) is 3.45. The van der Waals surface area contributed by atoms with Crippen LogP contribution in [-0.4, -0.2) is 37.4 Å². The number of rotatable bonds is 6. The number of benzene rings is 1. The predicted octanol–water partition coefficient (Wildman–Crippen LogP) is 2.48. The number of likely N-dealkylation sites (N-methyl/N-ethyl adjacent to an activating group) is 1. The lowest BCUT2D eigenvalue weighted by Gasteiger charge is -2.12. The Kier molecular flexibility index (Phi) is 5.72. The first-order chi connectivity index (χ1) is 10.5. The molecule has 5 heteroatoms. The molecule has 2 amide bonds. The van der Waals surface area contributed by atoms with Crippen molar-refractivity contribution in [3.63, 3.8) is 0 Å². The van der Waals surface area contributed by atoms with Crippen LogP contribution in [-0.2, 0) is 9.59 Å². The van der Waals surface area contributed by atoms with Crippen LogP contribution in [0.1, 0.15) is 19.3 Å². The Hall–Kier alpha value is -2.14. The molecule has 1 unspecified atom stereocenters. The van der Waals surface area contributed by atoms with E-state index in [2.05, 4.69) is 22.8 Å². The van der Waals surface area contributed by atoms with Gasteiger partial charge in [-0.1, -0.05) is 18.2 Å². The average Bonchev–Trinajstić information content (AvgIpc) is 2.90. The third kappa shape index (κ3) is 5.33. The molecule has 0 spiro atoms. The number of hydrogen-bond donors (Lipinski definition) is 2. The lowest BCUT2D eigenvalue weighted by molar-refractivity contribution is -0.117. The number of anilines is 2. The van der Waals surface area contributed by atoms with Gasteiger partial charge >= 0.3 is 0 Å². The van der Waals surface area contributed by atoms with Crippen molar-refractivity contribution < 1.29 is 9.59 Å². The van der Waals surface area contributed by atoms with Gasteiger partial charge in [0.2, 0.25) is 11.8 Å². The molecule has 1 aliphatic rings. The highest BCUT2D eigenvalue weighted by atomic mass is 16.2. The Morgan fingerprint density at radius 1 is 1.18 bits per heavy atom. The third-order valence-corrected chi connectivity index (χ3v) is 3.45. The fourth-order valence-corrected chi connectivity index (χ4v) is 2.48. The largest absolute Gasteiger partial charge is 0.326 e. The first kappa shape index (κ1) is 16.2. The van der Waals surface area contributed by atoms with E-state index in [1.165, 1.54) is 0 Å². The second-order valence-corrected chi connectivity index (χ2v) is 5.88. The van der Waals surface area contributed by atoms with Crippen molar-refractivity contribution in [2.45, 2.75) is 19.3 Å². The van der Waals surface area contributed by atoms with Crippen LogP contribution < -0.4 is 10.6 Å². The molecule has 0 saturated carbocycles. The second-order valence-electron chi connectivity index (χ2n) is 5.88. The average molecular weight is 301 g/mol. The highest BCUT2D eigenvalue weighted by Crippen LogP contribution is 2.21. The fourth-order valence-electron chi connectivity index (χ4n) is 2.48. The van der Waals surface area contributed by atoms with Crippen LogP contribution >= 0.6 is 0 Å². The first-order valence-corrected chi connectivity index (χ1v) is 7.54. The van der Waals surface area contributed by atoms with E-state index in [4.69, 9.17) is 0 Å². The van der Waals surface area contributed by atoms with Crippen molar-refractivity contribution in [1.29, 1.82) is 0 Å². The smallest absolute Gasteiger partial charge is 0.238 e. The van der Waals surface area contributed by atoms with Crippen molar-refractivity contribution in [3.8, 4) is 0 Å². The van der Waals surface area contributed by atoms with Gasteiger partial charge in [0.1, 0.15) is 0 Å². The highest BCUT2D eigenvalue weighted by molar-refractivity contribution is 5.94. The molecule has 1 aromatic rings. The van der Waals surface area contributed by atoms with Gasteiger partial charge in [0.05, 0.1) is 6.54 Å². The maximum absolute atomic E-state index is 12.0. The van der Waals surface area contributed by atoms with Crippen LogP contribution in [0.15, 0.2) is 36.4 Å². The molecular weight excluding hydrogens is 278 g/mol. The molecule has 2 N–H and O–H groups in total. The molecule has 0 fully saturated rings. The normalized spacial score (nSPS) is 16.8. The summed E-state index contributed by atoms with van der Waals surface area (Å²) in [6.45, 7) is 0.324. The summed E-state index contributed by atoms with van der Waals surface area (Å²) in [4.78, 5) is 25.5. The first-order valence-electron chi connectivity index (χ1n) is 7.54. The molecule has 0 radical (unpaired) electrons. The minimum atomic E-state index is -0.0791. The molecule has 118 valence electrons. The number of carbonyl (C=O) groups is 2. The van der Waals surface area contributed by atoms with Gasteiger partial charge in [-0.2, -0.15) is 0 Å². The van der Waals surface area contributed by atoms with Gasteiger partial charge in [-0.25, -0.2) is 0 Å². The number of amides is 2. The molecule has 0 aromatic heterocycles. The number of carbonyl (C=O) groups excluding carboxylic acids is 2. The summed E-state index contributed by atoms with van der Waals surface area (Å²) in [5, 5.41) is 5.71. The van der Waals surface area contributed by atoms with Gasteiger partial charge in [0.25, 0.3) is 0 Å². The number of allylic oxidation sites excluding steroid dienone is 2. The van der Waals surface area contributed by atoms with Crippen molar-refractivity contribution in [2.24, 2.45) is 5.92 Å². The zero-order chi connectivity index (χ0) is 15.9. The van der Waals surface area contributed by atoms with Crippen LogP contribution in [0.3, 0.4) is 0 Å². The van der Waals surface area contributed by atoms with E-state index in [0.717, 1.165) is 12.8 Å². The van der Waals surface area contributed by atoms with Gasteiger partial charge in [-0.3, -0.25) is 9.59 Å². The molecule has 0 saturated heterocycles. The molecule has 0 aliphatic heterocycles. The predicted molar refractivity (Wildman–Crippen MR) is 88.7 cm³/mol. The van der Waals surface area contributed by atoms with Gasteiger partial charge in [-0.15, -0.1) is 0 Å². The standard InChI is InChI=1S/C17H23N3O2/c1-20(2)12-17(22)19-15-9-5-8-14(11-15)18-16(21)10-13-6-3-4-7-13/h3,5-6,8-9,11,13H,4,7,10,12H2,1-2H3,(H,18,21)(H,19,22). The Morgan fingerprint density at radius 2 is 1.86 bits per heavy atom. The zero-order valence-corrected chi connectivity index (χ0v) is 13.1. The molecule has 22 heavy (non-hydrogen) atoms. The Morgan fingerprint density at radius 3 is 2.45 bits per heavy atom. The summed E-state index contributed by atoms with van der Waals surface area (Å²) in [6.07, 6.45) is 6.85. The van der Waals surface area contributed by atoms with E-state index in [0.29, 0.717) is 30.3 Å². The van der Waals surface area contributed by atoms with Crippen molar-refractivity contribution >= 4 is 23.2 Å². The molecule has 1 aromatic carbocycles. The maximum atomic E-state index is 12.0. The summed E-state index contributed by atoms with van der Waals surface area (Å²) < 4.78 is 0. The van der Waals surface area contributed by atoms with E-state index in [-0.39, 0.29) is 11.8 Å². The summed E-state index contributed by atoms with van der Waals surface area (Å²) in [5.41, 5.74) is 1.39. The summed E-state index contributed by atoms with van der Waals surface area (Å²) in [6, 6.07) is 7.22. The van der Waals surface area contributed by atoms with Crippen molar-refractivity contribution in [2.75, 3.05) is 31.3 Å². The molecule has 0 bridgehead atoms. The van der Waals surface area contributed by atoms with Crippen LogP contribution in [0.25, 0.3) is 0 Å². The zero-order valence-electron chi connectivity index (χ0n) is 13.1. The Balaban J connectivity index is 1.88. The van der Waals surface area contributed by atoms with E-state index in [9.17, 15) is 9.59 Å². The van der Waals surface area contributed by atoms with Crippen molar-refractivity contribution in [3.05, 3.63) is 36.4 Å². The van der Waals surface area contributed by atoms with E-state index >= 15 is 0 Å². The van der Waals surface area contributed by atoms with Gasteiger partial charge in [0.15, 0.2) is 0 Å². The molecule has 1 atom stereocenters. The quantitative estimate of drug-likeness (QED) is 0.794. The highest BCUT2D eigenvalue weighted by Gasteiger charge is 2.14. The van der Waals surface area contributed by atoms with E-state index in [1.807, 2.05) is 32.3 Å². The van der Waals surface area contributed by atoms with E-state index in [1.54, 1.807) is 11.0 Å². The Labute approximate surface area is 131 Å². The van der Waals surface area contributed by atoms with E-state index < -0.39 is 0 Å². The number of hydrogen-bond acceptors (Lipinski definition) is 3. The van der Waals surface area contributed by atoms with Crippen LogP contribution in [0.5, 0.6) is 0 Å². The van der Waals surface area contributed by atoms with Gasteiger partial charge in [-0.05, 0) is 51.1 Å². The summed E-state index contributed by atoms with van der Waals surface area (Å²) in [5.74, 6) is 0.279. The van der Waals surface area contributed by atoms with Crippen LogP contribution in [0, 0.1) is 5.92 Å². The second kappa shape index (κ2) is 7.75. The summed E-state index contributed by atoms with van der Waals surface area (Å²) in [7, 11) is 3.68. The topological polar surface area (TPSA) is 61.4 Å². The molecule has 2 rings (SSSR count). The number of nitrogens with zero attached hydrogens (tertiary/aromatic N) is 1. The minimum absolute atomic E-state index is 0.00770. The minimum Gasteiger partial charge on any atom is -0.326 e. The summed E-state index contributed by atoms with van der Waals surface area (Å²) >= 11 is 0.